The number of anilines is 1. The molecule has 2 aliphatic rings. The lowest BCUT2D eigenvalue weighted by Gasteiger charge is -2.21. The molecule has 2 fully saturated rings. The van der Waals surface area contributed by atoms with Crippen molar-refractivity contribution in [2.75, 3.05) is 31.6 Å². The molecule has 1 atom stereocenters. The van der Waals surface area contributed by atoms with Gasteiger partial charge in [0.2, 0.25) is 0 Å². The number of nitrogens with zero attached hydrogens (tertiary/aromatic N) is 2. The van der Waals surface area contributed by atoms with Crippen molar-refractivity contribution >= 4 is 35.6 Å². The molecule has 1 aromatic carbocycles. The van der Waals surface area contributed by atoms with Crippen LogP contribution in [0.4, 0.5) is 5.69 Å². The molecule has 26 heavy (non-hydrogen) atoms. The molecule has 1 saturated carbocycles. The molecule has 1 heterocycles. The summed E-state index contributed by atoms with van der Waals surface area (Å²) in [5.74, 6) is 2.13. The molecule has 1 saturated heterocycles. The maximum Gasteiger partial charge on any atom is 0.188 e. The first-order chi connectivity index (χ1) is 12.3. The Morgan fingerprint density at radius 1 is 1.19 bits per heavy atom. The lowest BCUT2D eigenvalue weighted by molar-refractivity contribution is 0.414. The summed E-state index contributed by atoms with van der Waals surface area (Å²) < 4.78 is 5.49. The quantitative estimate of drug-likeness (QED) is 0.297. The molecule has 0 bridgehead atoms. The minimum atomic E-state index is 0. The molecule has 0 aromatic heterocycles. The van der Waals surface area contributed by atoms with Crippen LogP contribution in [0.5, 0.6) is 5.75 Å². The minimum Gasteiger partial charge on any atom is -0.495 e. The second-order valence-corrected chi connectivity index (χ2v) is 7.33. The second-order valence-electron chi connectivity index (χ2n) is 7.33. The SMILES string of the molecule is COc1ccccc1N1CCC(CN=C(N)NC2CCCCCC2)C1.I. The highest BCUT2D eigenvalue weighted by molar-refractivity contribution is 14.0. The first-order valence-electron chi connectivity index (χ1n) is 9.70. The lowest BCUT2D eigenvalue weighted by atomic mass is 10.1. The van der Waals surface area contributed by atoms with Crippen LogP contribution in [-0.4, -0.2) is 38.7 Å². The van der Waals surface area contributed by atoms with Gasteiger partial charge in [0.25, 0.3) is 0 Å². The normalized spacial score (nSPS) is 21.8. The number of para-hydroxylation sites is 2. The fourth-order valence-corrected chi connectivity index (χ4v) is 4.00. The summed E-state index contributed by atoms with van der Waals surface area (Å²) in [6.07, 6.45) is 8.93. The van der Waals surface area contributed by atoms with Crippen LogP contribution in [0.15, 0.2) is 29.3 Å². The van der Waals surface area contributed by atoms with Gasteiger partial charge in [0.1, 0.15) is 5.75 Å². The number of rotatable bonds is 5. The Balaban J connectivity index is 0.00000243. The van der Waals surface area contributed by atoms with Crippen LogP contribution >= 0.6 is 24.0 Å². The molecule has 1 aliphatic carbocycles. The van der Waals surface area contributed by atoms with E-state index in [-0.39, 0.29) is 24.0 Å². The van der Waals surface area contributed by atoms with Crippen LogP contribution in [0.1, 0.15) is 44.9 Å². The predicted octanol–water partition coefficient (Wildman–Crippen LogP) is 3.77. The topological polar surface area (TPSA) is 62.9 Å². The average molecular weight is 472 g/mol. The summed E-state index contributed by atoms with van der Waals surface area (Å²) in [5.41, 5.74) is 7.31. The van der Waals surface area contributed by atoms with Gasteiger partial charge in [-0.25, -0.2) is 0 Å². The third kappa shape index (κ3) is 5.93. The summed E-state index contributed by atoms with van der Waals surface area (Å²) in [4.78, 5) is 7.02. The van der Waals surface area contributed by atoms with Crippen LogP contribution in [0.3, 0.4) is 0 Å². The van der Waals surface area contributed by atoms with E-state index in [4.69, 9.17) is 10.5 Å². The van der Waals surface area contributed by atoms with Crippen molar-refractivity contribution in [2.24, 2.45) is 16.6 Å². The maximum atomic E-state index is 6.13. The Hall–Kier alpha value is -1.18. The highest BCUT2D eigenvalue weighted by atomic mass is 127. The van der Waals surface area contributed by atoms with Crippen molar-refractivity contribution < 1.29 is 4.74 Å². The lowest BCUT2D eigenvalue weighted by Crippen LogP contribution is -2.40. The van der Waals surface area contributed by atoms with Gasteiger partial charge in [0, 0.05) is 25.7 Å². The van der Waals surface area contributed by atoms with Gasteiger partial charge in [-0.3, -0.25) is 4.99 Å². The van der Waals surface area contributed by atoms with Gasteiger partial charge in [0.15, 0.2) is 5.96 Å². The Morgan fingerprint density at radius 2 is 1.92 bits per heavy atom. The Kier molecular flexibility index (Phi) is 8.81. The van der Waals surface area contributed by atoms with E-state index in [1.807, 2.05) is 12.1 Å². The van der Waals surface area contributed by atoms with E-state index in [2.05, 4.69) is 27.3 Å². The van der Waals surface area contributed by atoms with E-state index in [0.29, 0.717) is 17.9 Å². The minimum absolute atomic E-state index is 0. The molecule has 1 aromatic rings. The summed E-state index contributed by atoms with van der Waals surface area (Å²) in [5, 5.41) is 3.44. The largest absolute Gasteiger partial charge is 0.495 e. The smallest absolute Gasteiger partial charge is 0.188 e. The third-order valence-corrected chi connectivity index (χ3v) is 5.44. The average Bonchev–Trinajstić information content (AvgIpc) is 2.97. The van der Waals surface area contributed by atoms with Gasteiger partial charge in [-0.15, -0.1) is 24.0 Å². The number of nitrogens with one attached hydrogen (secondary N) is 1. The highest BCUT2D eigenvalue weighted by Gasteiger charge is 2.24. The number of halogens is 1. The third-order valence-electron chi connectivity index (χ3n) is 5.44. The van der Waals surface area contributed by atoms with E-state index in [1.54, 1.807) is 7.11 Å². The van der Waals surface area contributed by atoms with Crippen LogP contribution in [0, 0.1) is 5.92 Å². The Bertz CT molecular complexity index is 573. The van der Waals surface area contributed by atoms with E-state index < -0.39 is 0 Å². The number of hydrogen-bond acceptors (Lipinski definition) is 3. The molecule has 6 heteroatoms. The van der Waals surface area contributed by atoms with Crippen molar-refractivity contribution in [3.8, 4) is 5.75 Å². The summed E-state index contributed by atoms with van der Waals surface area (Å²) in [6, 6.07) is 8.75. The monoisotopic (exact) mass is 472 g/mol. The predicted molar refractivity (Wildman–Crippen MR) is 120 cm³/mol. The molecule has 3 N–H and O–H groups in total. The number of aliphatic imine (C=N–C) groups is 1. The number of ether oxygens (including phenoxy) is 1. The first kappa shape index (κ1) is 21.1. The van der Waals surface area contributed by atoms with Gasteiger partial charge in [-0.05, 0) is 37.3 Å². The second kappa shape index (κ2) is 10.8. The van der Waals surface area contributed by atoms with Crippen molar-refractivity contribution in [1.82, 2.24) is 5.32 Å². The van der Waals surface area contributed by atoms with Crippen molar-refractivity contribution in [3.63, 3.8) is 0 Å². The molecular weight excluding hydrogens is 439 g/mol. The van der Waals surface area contributed by atoms with E-state index in [0.717, 1.165) is 31.8 Å². The number of hydrogen-bond donors (Lipinski definition) is 2. The maximum absolute atomic E-state index is 6.13. The fourth-order valence-electron chi connectivity index (χ4n) is 4.00. The van der Waals surface area contributed by atoms with Crippen molar-refractivity contribution in [1.29, 1.82) is 0 Å². The Morgan fingerprint density at radius 3 is 2.65 bits per heavy atom. The van der Waals surface area contributed by atoms with Crippen molar-refractivity contribution in [2.45, 2.75) is 51.0 Å². The fraction of sp³-hybridized carbons (Fsp3) is 0.650. The van der Waals surface area contributed by atoms with Crippen molar-refractivity contribution in [3.05, 3.63) is 24.3 Å². The zero-order valence-corrected chi connectivity index (χ0v) is 18.2. The van der Waals surface area contributed by atoms with Gasteiger partial charge in [-0.2, -0.15) is 0 Å². The standard InChI is InChI=1S/C20H32N4O.HI/c1-25-19-11-7-6-10-18(19)24-13-12-16(15-24)14-22-20(21)23-17-8-4-2-3-5-9-17;/h6-7,10-11,16-17H,2-5,8-9,12-15H2,1H3,(H3,21,22,23);1H. The molecule has 0 radical (unpaired) electrons. The molecule has 146 valence electrons. The zero-order valence-electron chi connectivity index (χ0n) is 15.8. The first-order valence-corrected chi connectivity index (χ1v) is 9.70. The van der Waals surface area contributed by atoms with E-state index in [1.165, 1.54) is 44.2 Å². The zero-order chi connectivity index (χ0) is 17.5. The number of methoxy groups -OCH3 is 1. The van der Waals surface area contributed by atoms with Gasteiger partial charge in [-0.1, -0.05) is 37.8 Å². The molecule has 1 unspecified atom stereocenters. The van der Waals surface area contributed by atoms with Crippen LogP contribution in [-0.2, 0) is 0 Å². The molecule has 0 spiro atoms. The van der Waals surface area contributed by atoms with Gasteiger partial charge < -0.3 is 20.7 Å². The molecular formula is C20H33IN4O. The molecule has 5 nitrogen and oxygen atoms in total. The number of guanidine groups is 1. The molecule has 1 aliphatic heterocycles. The van der Waals surface area contributed by atoms with Crippen LogP contribution in [0.2, 0.25) is 0 Å². The van der Waals surface area contributed by atoms with Gasteiger partial charge >= 0.3 is 0 Å². The van der Waals surface area contributed by atoms with E-state index in [9.17, 15) is 0 Å². The molecule has 3 rings (SSSR count). The highest BCUT2D eigenvalue weighted by Crippen LogP contribution is 2.31. The molecule has 0 amide bonds. The Labute approximate surface area is 174 Å². The van der Waals surface area contributed by atoms with Crippen LogP contribution in [0.25, 0.3) is 0 Å². The summed E-state index contributed by atoms with van der Waals surface area (Å²) in [7, 11) is 1.73. The van der Waals surface area contributed by atoms with Gasteiger partial charge in [0.05, 0.1) is 12.8 Å². The van der Waals surface area contributed by atoms with E-state index >= 15 is 0 Å². The summed E-state index contributed by atoms with van der Waals surface area (Å²) in [6.45, 7) is 2.87. The summed E-state index contributed by atoms with van der Waals surface area (Å²) >= 11 is 0. The number of nitrogens with two attached hydrogens (primary N) is 1. The number of benzene rings is 1. The van der Waals surface area contributed by atoms with Crippen LogP contribution < -0.4 is 20.7 Å².